The maximum Gasteiger partial charge on any atom is 0.574 e. The van der Waals surface area contributed by atoms with Crippen LogP contribution in [0.3, 0.4) is 0 Å². The van der Waals surface area contributed by atoms with Gasteiger partial charge in [-0.25, -0.2) is 4.98 Å². The van der Waals surface area contributed by atoms with Crippen LogP contribution in [0.15, 0.2) is 6.07 Å². The fraction of sp³-hybridized carbons (Fsp3) is 0.444. The molecule has 0 aliphatic carbocycles. The van der Waals surface area contributed by atoms with Crippen LogP contribution in [0.4, 0.5) is 26.3 Å². The number of halogens is 6. The molecule has 1 aromatic heterocycles. The van der Waals surface area contributed by atoms with Crippen molar-refractivity contribution in [1.82, 2.24) is 4.98 Å². The van der Waals surface area contributed by atoms with Crippen LogP contribution in [0.5, 0.6) is 5.88 Å². The molecule has 0 unspecified atom stereocenters. The molecule has 0 radical (unpaired) electrons. The fourth-order valence-electron chi connectivity index (χ4n) is 1.32. The summed E-state index contributed by atoms with van der Waals surface area (Å²) in [6.45, 7) is 0.353. The summed E-state index contributed by atoms with van der Waals surface area (Å²) in [5, 5.41) is 0. The van der Waals surface area contributed by atoms with E-state index in [-0.39, 0.29) is 5.69 Å². The van der Waals surface area contributed by atoms with Crippen LogP contribution in [0.2, 0.25) is 0 Å². The van der Waals surface area contributed by atoms with Crippen molar-refractivity contribution >= 4 is 0 Å². The number of aryl methyl sites for hydroxylation is 1. The minimum Gasteiger partial charge on any atom is -0.388 e. The predicted octanol–water partition coefficient (Wildman–Crippen LogP) is 2.77. The lowest BCUT2D eigenvalue weighted by molar-refractivity contribution is -0.276. The quantitative estimate of drug-likeness (QED) is 0.843. The van der Waals surface area contributed by atoms with Gasteiger partial charge in [-0.2, -0.15) is 13.2 Å². The van der Waals surface area contributed by atoms with Crippen molar-refractivity contribution in [3.05, 3.63) is 22.9 Å². The van der Waals surface area contributed by atoms with Gasteiger partial charge < -0.3 is 10.5 Å². The minimum atomic E-state index is -5.13. The van der Waals surface area contributed by atoms with E-state index in [1.807, 2.05) is 0 Å². The summed E-state index contributed by atoms with van der Waals surface area (Å²) in [6, 6.07) is 0.616. The number of alkyl halides is 6. The molecule has 102 valence electrons. The van der Waals surface area contributed by atoms with Gasteiger partial charge in [0, 0.05) is 17.8 Å². The average Bonchev–Trinajstić information content (AvgIpc) is 2.12. The van der Waals surface area contributed by atoms with E-state index in [2.05, 4.69) is 9.72 Å². The van der Waals surface area contributed by atoms with Crippen molar-refractivity contribution in [2.45, 2.75) is 26.0 Å². The standard InChI is InChI=1S/C9H8F6N2O/c1-4-2-6(8(10,11)12)5(3-16)7(17-4)18-9(13,14)15/h2H,3,16H2,1H3. The second kappa shape index (κ2) is 4.63. The molecule has 2 N–H and O–H groups in total. The van der Waals surface area contributed by atoms with E-state index >= 15 is 0 Å². The maximum absolute atomic E-state index is 12.6. The molecule has 1 heterocycles. The summed E-state index contributed by atoms with van der Waals surface area (Å²) in [5.41, 5.74) is 2.67. The molecule has 0 saturated heterocycles. The highest BCUT2D eigenvalue weighted by Crippen LogP contribution is 2.37. The number of pyridine rings is 1. The topological polar surface area (TPSA) is 48.1 Å². The molecule has 0 amide bonds. The largest absolute Gasteiger partial charge is 0.574 e. The monoisotopic (exact) mass is 274 g/mol. The fourth-order valence-corrected chi connectivity index (χ4v) is 1.32. The molecule has 0 atom stereocenters. The highest BCUT2D eigenvalue weighted by molar-refractivity contribution is 5.38. The predicted molar refractivity (Wildman–Crippen MR) is 48.6 cm³/mol. The summed E-state index contributed by atoms with van der Waals surface area (Å²) in [7, 11) is 0. The second-order valence-electron chi connectivity index (χ2n) is 3.34. The molecule has 0 fully saturated rings. The van der Waals surface area contributed by atoms with Crippen LogP contribution in [-0.4, -0.2) is 11.3 Å². The molecule has 0 saturated carbocycles. The number of hydrogen-bond donors (Lipinski definition) is 1. The summed E-state index contributed by atoms with van der Waals surface area (Å²) >= 11 is 0. The second-order valence-corrected chi connectivity index (χ2v) is 3.34. The van der Waals surface area contributed by atoms with Crippen molar-refractivity contribution < 1.29 is 31.1 Å². The van der Waals surface area contributed by atoms with Crippen LogP contribution in [0.1, 0.15) is 16.8 Å². The van der Waals surface area contributed by atoms with Crippen molar-refractivity contribution in [2.24, 2.45) is 5.73 Å². The van der Waals surface area contributed by atoms with Crippen molar-refractivity contribution in [2.75, 3.05) is 0 Å². The Kier molecular flexibility index (Phi) is 3.75. The van der Waals surface area contributed by atoms with E-state index < -0.39 is 36.1 Å². The van der Waals surface area contributed by atoms with Gasteiger partial charge in [0.1, 0.15) is 0 Å². The lowest BCUT2D eigenvalue weighted by Crippen LogP contribution is -2.22. The van der Waals surface area contributed by atoms with E-state index in [0.717, 1.165) is 6.92 Å². The van der Waals surface area contributed by atoms with Gasteiger partial charge in [-0.05, 0) is 13.0 Å². The van der Waals surface area contributed by atoms with Crippen LogP contribution < -0.4 is 10.5 Å². The number of ether oxygens (including phenoxy) is 1. The zero-order chi connectivity index (χ0) is 14.1. The lowest BCUT2D eigenvalue weighted by Gasteiger charge is -2.17. The molecule has 0 aromatic carbocycles. The third-order valence-electron chi connectivity index (χ3n) is 1.94. The summed E-state index contributed by atoms with van der Waals surface area (Å²) in [5.74, 6) is -1.17. The Labute approximate surface area is 97.6 Å². The molecule has 9 heteroatoms. The Bertz CT molecular complexity index is 440. The molecular formula is C9H8F6N2O. The van der Waals surface area contributed by atoms with E-state index in [1.54, 1.807) is 0 Å². The lowest BCUT2D eigenvalue weighted by atomic mass is 10.1. The third-order valence-corrected chi connectivity index (χ3v) is 1.94. The Hall–Kier alpha value is -1.51. The number of nitrogens with two attached hydrogens (primary N) is 1. The first-order chi connectivity index (χ1) is 8.04. The minimum absolute atomic E-state index is 0.251. The molecule has 0 aliphatic heterocycles. The summed E-state index contributed by atoms with van der Waals surface area (Å²) in [4.78, 5) is 3.28. The summed E-state index contributed by atoms with van der Waals surface area (Å²) in [6.07, 6.45) is -9.96. The van der Waals surface area contributed by atoms with Crippen molar-refractivity contribution in [1.29, 1.82) is 0 Å². The molecule has 1 rings (SSSR count). The highest BCUT2D eigenvalue weighted by Gasteiger charge is 2.38. The zero-order valence-corrected chi connectivity index (χ0v) is 8.99. The van der Waals surface area contributed by atoms with Gasteiger partial charge in [-0.3, -0.25) is 0 Å². The normalized spacial score (nSPS) is 12.7. The number of nitrogens with zero attached hydrogens (tertiary/aromatic N) is 1. The first-order valence-electron chi connectivity index (χ1n) is 4.58. The molecule has 0 aliphatic rings. The Morgan fingerprint density at radius 3 is 2.17 bits per heavy atom. The highest BCUT2D eigenvalue weighted by atomic mass is 19.4. The zero-order valence-electron chi connectivity index (χ0n) is 8.99. The van der Waals surface area contributed by atoms with Gasteiger partial charge in [-0.1, -0.05) is 0 Å². The molecule has 0 bridgehead atoms. The van der Waals surface area contributed by atoms with Crippen molar-refractivity contribution in [3.8, 4) is 5.88 Å². The average molecular weight is 274 g/mol. The SMILES string of the molecule is Cc1cc(C(F)(F)F)c(CN)c(OC(F)(F)F)n1. The molecular weight excluding hydrogens is 266 g/mol. The molecule has 0 spiro atoms. The number of aromatic nitrogens is 1. The Morgan fingerprint density at radius 2 is 1.78 bits per heavy atom. The van der Waals surface area contributed by atoms with Gasteiger partial charge in [0.2, 0.25) is 5.88 Å². The van der Waals surface area contributed by atoms with Crippen LogP contribution in [0, 0.1) is 6.92 Å². The molecule has 3 nitrogen and oxygen atoms in total. The first kappa shape index (κ1) is 14.6. The summed E-state index contributed by atoms with van der Waals surface area (Å²) < 4.78 is 77.4. The van der Waals surface area contributed by atoms with Gasteiger partial charge >= 0.3 is 12.5 Å². The van der Waals surface area contributed by atoms with E-state index in [0.29, 0.717) is 6.07 Å². The Balaban J connectivity index is 3.39. The van der Waals surface area contributed by atoms with Crippen LogP contribution in [0.25, 0.3) is 0 Å². The molecule has 1 aromatic rings. The van der Waals surface area contributed by atoms with Crippen molar-refractivity contribution in [3.63, 3.8) is 0 Å². The van der Waals surface area contributed by atoms with E-state index in [9.17, 15) is 26.3 Å². The number of rotatable bonds is 2. The maximum atomic E-state index is 12.6. The number of hydrogen-bond acceptors (Lipinski definition) is 3. The third kappa shape index (κ3) is 3.49. The Morgan fingerprint density at radius 1 is 1.22 bits per heavy atom. The molecule has 18 heavy (non-hydrogen) atoms. The first-order valence-corrected chi connectivity index (χ1v) is 4.58. The van der Waals surface area contributed by atoms with Gasteiger partial charge in [0.05, 0.1) is 5.56 Å². The van der Waals surface area contributed by atoms with Crippen LogP contribution >= 0.6 is 0 Å². The van der Waals surface area contributed by atoms with E-state index in [4.69, 9.17) is 5.73 Å². The smallest absolute Gasteiger partial charge is 0.388 e. The van der Waals surface area contributed by atoms with Gasteiger partial charge in [0.15, 0.2) is 0 Å². The van der Waals surface area contributed by atoms with E-state index in [1.165, 1.54) is 0 Å². The van der Waals surface area contributed by atoms with Gasteiger partial charge in [-0.15, -0.1) is 13.2 Å². The van der Waals surface area contributed by atoms with Gasteiger partial charge in [0.25, 0.3) is 0 Å². The van der Waals surface area contributed by atoms with Crippen LogP contribution in [-0.2, 0) is 12.7 Å².